The van der Waals surface area contributed by atoms with Crippen molar-refractivity contribution in [3.63, 3.8) is 0 Å². The number of carbonyl (C=O) groups is 1. The zero-order valence-electron chi connectivity index (χ0n) is 16.3. The summed E-state index contributed by atoms with van der Waals surface area (Å²) >= 11 is 0. The van der Waals surface area contributed by atoms with E-state index >= 15 is 0 Å². The number of rotatable bonds is 8. The molecule has 1 saturated heterocycles. The minimum Gasteiger partial charge on any atom is -0.422 e. The summed E-state index contributed by atoms with van der Waals surface area (Å²) in [7, 11) is 1.62. The highest BCUT2D eigenvalue weighted by Crippen LogP contribution is 2.26. The Morgan fingerprint density at radius 3 is 3.21 bits per heavy atom. The van der Waals surface area contributed by atoms with Crippen molar-refractivity contribution in [1.82, 2.24) is 25.4 Å². The third-order valence-electron chi connectivity index (χ3n) is 4.89. The highest BCUT2D eigenvalue weighted by molar-refractivity contribution is 5.76. The maximum atomic E-state index is 12.4. The molecule has 3 aromatic rings. The van der Waals surface area contributed by atoms with Crippen molar-refractivity contribution < 1.29 is 18.5 Å². The number of piperidine rings is 1. The lowest BCUT2D eigenvalue weighted by Gasteiger charge is -2.31. The van der Waals surface area contributed by atoms with Gasteiger partial charge in [-0.1, -0.05) is 5.16 Å². The maximum absolute atomic E-state index is 12.4. The van der Waals surface area contributed by atoms with Gasteiger partial charge in [-0.15, -0.1) is 0 Å². The van der Waals surface area contributed by atoms with Gasteiger partial charge in [-0.25, -0.2) is 4.98 Å². The Hall–Kier alpha value is -3.01. The van der Waals surface area contributed by atoms with Crippen molar-refractivity contribution in [2.24, 2.45) is 5.92 Å². The fourth-order valence-electron chi connectivity index (χ4n) is 3.46. The molecule has 29 heavy (non-hydrogen) atoms. The number of hydrogen-bond donors (Lipinski definition) is 1. The molecule has 0 radical (unpaired) electrons. The number of methoxy groups -OCH3 is 1. The van der Waals surface area contributed by atoms with E-state index in [-0.39, 0.29) is 18.4 Å². The normalized spacial score (nSPS) is 17.0. The first-order valence-electron chi connectivity index (χ1n) is 9.75. The van der Waals surface area contributed by atoms with E-state index in [9.17, 15) is 4.79 Å². The highest BCUT2D eigenvalue weighted by atomic mass is 16.5. The van der Waals surface area contributed by atoms with E-state index in [0.29, 0.717) is 48.4 Å². The third-order valence-corrected chi connectivity index (χ3v) is 4.89. The summed E-state index contributed by atoms with van der Waals surface area (Å²) in [5.41, 5.74) is 1.28. The molecule has 0 aliphatic carbocycles. The first-order valence-corrected chi connectivity index (χ1v) is 9.75. The van der Waals surface area contributed by atoms with Gasteiger partial charge < -0.3 is 23.9 Å². The number of nitrogens with one attached hydrogen (secondary N) is 1. The van der Waals surface area contributed by atoms with Crippen molar-refractivity contribution in [3.8, 4) is 0 Å². The van der Waals surface area contributed by atoms with Crippen molar-refractivity contribution in [1.29, 1.82) is 0 Å². The van der Waals surface area contributed by atoms with Crippen LogP contribution in [0.5, 0.6) is 0 Å². The maximum Gasteiger partial charge on any atom is 0.299 e. The molecule has 1 atom stereocenters. The molecular weight excluding hydrogens is 376 g/mol. The minimum atomic E-state index is -0.0345. The zero-order chi connectivity index (χ0) is 20.1. The van der Waals surface area contributed by atoms with Gasteiger partial charge in [0.1, 0.15) is 0 Å². The third kappa shape index (κ3) is 4.89. The molecule has 3 aromatic heterocycles. The smallest absolute Gasteiger partial charge is 0.299 e. The molecule has 0 spiro atoms. The Labute approximate surface area is 167 Å². The molecule has 0 saturated carbocycles. The molecule has 1 unspecified atom stereocenters. The monoisotopic (exact) mass is 400 g/mol. The van der Waals surface area contributed by atoms with Crippen LogP contribution in [0.2, 0.25) is 0 Å². The minimum absolute atomic E-state index is 0.0345. The van der Waals surface area contributed by atoms with Crippen LogP contribution in [0.25, 0.3) is 11.2 Å². The Balaban J connectivity index is 1.27. The van der Waals surface area contributed by atoms with E-state index < -0.39 is 0 Å². The first-order chi connectivity index (χ1) is 14.2. The predicted molar refractivity (Wildman–Crippen MR) is 103 cm³/mol. The molecule has 1 fully saturated rings. The van der Waals surface area contributed by atoms with E-state index in [2.05, 4.69) is 30.3 Å². The molecule has 0 aromatic carbocycles. The Morgan fingerprint density at radius 2 is 2.34 bits per heavy atom. The van der Waals surface area contributed by atoms with Gasteiger partial charge in [-0.2, -0.15) is 9.97 Å². The van der Waals surface area contributed by atoms with Gasteiger partial charge in [0.25, 0.3) is 6.01 Å². The molecular formula is C19H24N6O4. The number of amides is 1. The first kappa shape index (κ1) is 19.3. The van der Waals surface area contributed by atoms with Gasteiger partial charge >= 0.3 is 0 Å². The van der Waals surface area contributed by atoms with Crippen LogP contribution in [-0.4, -0.2) is 52.8 Å². The summed E-state index contributed by atoms with van der Waals surface area (Å²) in [6.07, 6.45) is 4.68. The average Bonchev–Trinajstić information content (AvgIpc) is 3.38. The molecule has 4 rings (SSSR count). The average molecular weight is 400 g/mol. The highest BCUT2D eigenvalue weighted by Gasteiger charge is 2.25. The second-order valence-electron chi connectivity index (χ2n) is 7.10. The van der Waals surface area contributed by atoms with Gasteiger partial charge in [-0.3, -0.25) is 4.79 Å². The van der Waals surface area contributed by atoms with Crippen molar-refractivity contribution in [3.05, 3.63) is 30.0 Å². The summed E-state index contributed by atoms with van der Waals surface area (Å²) in [4.78, 5) is 27.4. The van der Waals surface area contributed by atoms with Crippen molar-refractivity contribution >= 4 is 23.2 Å². The second-order valence-corrected chi connectivity index (χ2v) is 7.10. The van der Waals surface area contributed by atoms with Crippen LogP contribution in [0, 0.1) is 5.92 Å². The number of aromatic nitrogens is 4. The lowest BCUT2D eigenvalue weighted by Crippen LogP contribution is -2.38. The van der Waals surface area contributed by atoms with Gasteiger partial charge in [0.05, 0.1) is 13.2 Å². The Bertz CT molecular complexity index is 922. The van der Waals surface area contributed by atoms with Crippen LogP contribution in [0.3, 0.4) is 0 Å². The molecule has 1 aliphatic heterocycles. The largest absolute Gasteiger partial charge is 0.422 e. The molecule has 0 bridgehead atoms. The lowest BCUT2D eigenvalue weighted by atomic mass is 9.95. The molecule has 1 amide bonds. The van der Waals surface area contributed by atoms with E-state index in [1.807, 2.05) is 12.1 Å². The fraction of sp³-hybridized carbons (Fsp3) is 0.526. The van der Waals surface area contributed by atoms with Gasteiger partial charge in [0.15, 0.2) is 11.4 Å². The number of pyridine rings is 1. The second kappa shape index (κ2) is 8.99. The van der Waals surface area contributed by atoms with Gasteiger partial charge in [-0.05, 0) is 30.9 Å². The van der Waals surface area contributed by atoms with Crippen LogP contribution in [-0.2, 0) is 22.5 Å². The molecule has 154 valence electrons. The summed E-state index contributed by atoms with van der Waals surface area (Å²) in [5.74, 6) is 1.17. The fourth-order valence-corrected chi connectivity index (χ4v) is 3.46. The molecule has 10 heteroatoms. The topological polar surface area (TPSA) is 119 Å². The van der Waals surface area contributed by atoms with Crippen LogP contribution < -0.4 is 10.2 Å². The number of carbonyl (C=O) groups excluding carboxylic acids is 1. The zero-order valence-corrected chi connectivity index (χ0v) is 16.3. The van der Waals surface area contributed by atoms with Crippen molar-refractivity contribution in [2.75, 3.05) is 31.7 Å². The van der Waals surface area contributed by atoms with Crippen LogP contribution >= 0.6 is 0 Å². The lowest BCUT2D eigenvalue weighted by molar-refractivity contribution is -0.122. The summed E-state index contributed by atoms with van der Waals surface area (Å²) in [6.45, 7) is 2.34. The number of oxazole rings is 1. The number of hydrogen-bond acceptors (Lipinski definition) is 9. The molecule has 10 nitrogen and oxygen atoms in total. The van der Waals surface area contributed by atoms with Crippen LogP contribution in [0.1, 0.15) is 31.0 Å². The van der Waals surface area contributed by atoms with Crippen LogP contribution in [0.15, 0.2) is 27.3 Å². The number of anilines is 1. The summed E-state index contributed by atoms with van der Waals surface area (Å²) < 4.78 is 15.9. The van der Waals surface area contributed by atoms with E-state index in [1.54, 1.807) is 13.3 Å². The van der Waals surface area contributed by atoms with Gasteiger partial charge in [0, 0.05) is 39.2 Å². The predicted octanol–water partition coefficient (Wildman–Crippen LogP) is 1.72. The van der Waals surface area contributed by atoms with Crippen molar-refractivity contribution in [2.45, 2.75) is 32.2 Å². The quantitative estimate of drug-likeness (QED) is 0.602. The Kier molecular flexibility index (Phi) is 5.99. The summed E-state index contributed by atoms with van der Waals surface area (Å²) in [5, 5.41) is 6.72. The number of fused-ring (bicyclic) bond motifs is 1. The van der Waals surface area contributed by atoms with Crippen LogP contribution in [0.4, 0.5) is 6.01 Å². The number of ether oxygens (including phenoxy) is 1. The van der Waals surface area contributed by atoms with E-state index in [4.69, 9.17) is 13.7 Å². The molecule has 1 aliphatic rings. The summed E-state index contributed by atoms with van der Waals surface area (Å²) in [6, 6.07) is 4.24. The Morgan fingerprint density at radius 1 is 1.41 bits per heavy atom. The van der Waals surface area contributed by atoms with E-state index in [1.165, 1.54) is 0 Å². The molecule has 1 N–H and O–H groups in total. The van der Waals surface area contributed by atoms with Gasteiger partial charge in [0.2, 0.25) is 17.4 Å². The molecule has 4 heterocycles. The standard InChI is InChI=1S/C19H24N6O4/c1-27-9-6-15-22-17(29-24-15)11-21-16(26)10-13-4-3-8-25(12-13)19-23-18-14(28-19)5-2-7-20-18/h2,5,7,13H,3-4,6,8-12H2,1H3,(H,21,26). The van der Waals surface area contributed by atoms with E-state index in [0.717, 1.165) is 25.9 Å². The number of nitrogens with zero attached hydrogens (tertiary/aromatic N) is 5. The SMILES string of the molecule is COCCc1noc(CNC(=O)CC2CCCN(c3nc4ncccc4o3)C2)n1.